The van der Waals surface area contributed by atoms with E-state index in [1.807, 2.05) is 0 Å². The zero-order valence-electron chi connectivity index (χ0n) is 14.9. The zero-order chi connectivity index (χ0) is 16.2. The van der Waals surface area contributed by atoms with Gasteiger partial charge in [-0.05, 0) is 89.3 Å². The second-order valence-electron chi connectivity index (χ2n) is 7.58. The summed E-state index contributed by atoms with van der Waals surface area (Å²) in [5, 5.41) is 0. The van der Waals surface area contributed by atoms with Crippen LogP contribution in [0.15, 0.2) is 18.2 Å². The van der Waals surface area contributed by atoms with E-state index in [0.29, 0.717) is 11.3 Å². The molecule has 1 aromatic carbocycles. The van der Waals surface area contributed by atoms with Crippen LogP contribution in [-0.4, -0.2) is 0 Å². The number of halogens is 1. The van der Waals surface area contributed by atoms with Gasteiger partial charge in [0, 0.05) is 3.57 Å². The monoisotopic (exact) mass is 412 g/mol. The highest BCUT2D eigenvalue weighted by molar-refractivity contribution is 14.1. The standard InChI is InChI=1S/C21H33I/c1-5-18(15-21(6-2)12-8-7-9-13-21)17(4)20-11-10-19(22)14-16(20)3/h10-11,14,17-18H,5-9,12-13,15H2,1-4H3. The maximum Gasteiger partial charge on any atom is 0.0133 e. The maximum absolute atomic E-state index is 2.47. The van der Waals surface area contributed by atoms with Crippen LogP contribution in [0, 0.1) is 21.8 Å². The van der Waals surface area contributed by atoms with E-state index in [0.717, 1.165) is 5.92 Å². The average molecular weight is 412 g/mol. The van der Waals surface area contributed by atoms with Crippen molar-refractivity contribution in [1.29, 1.82) is 0 Å². The second kappa shape index (κ2) is 8.17. The van der Waals surface area contributed by atoms with E-state index in [9.17, 15) is 0 Å². The van der Waals surface area contributed by atoms with Crippen LogP contribution in [0.1, 0.15) is 89.2 Å². The molecule has 0 spiro atoms. The van der Waals surface area contributed by atoms with Crippen molar-refractivity contribution < 1.29 is 0 Å². The Hall–Kier alpha value is -0.0500. The van der Waals surface area contributed by atoms with Gasteiger partial charge in [0.25, 0.3) is 0 Å². The third-order valence-electron chi connectivity index (χ3n) is 6.31. The van der Waals surface area contributed by atoms with Gasteiger partial charge in [-0.25, -0.2) is 0 Å². The number of benzene rings is 1. The molecule has 0 amide bonds. The molecule has 0 heterocycles. The van der Waals surface area contributed by atoms with Gasteiger partial charge in [-0.1, -0.05) is 58.9 Å². The Morgan fingerprint density at radius 3 is 2.36 bits per heavy atom. The van der Waals surface area contributed by atoms with Crippen LogP contribution in [0.25, 0.3) is 0 Å². The van der Waals surface area contributed by atoms with Gasteiger partial charge in [-0.15, -0.1) is 0 Å². The van der Waals surface area contributed by atoms with Gasteiger partial charge < -0.3 is 0 Å². The van der Waals surface area contributed by atoms with Gasteiger partial charge in [0.2, 0.25) is 0 Å². The van der Waals surface area contributed by atoms with Crippen molar-refractivity contribution in [2.75, 3.05) is 0 Å². The fourth-order valence-electron chi connectivity index (χ4n) is 4.64. The molecule has 0 bridgehead atoms. The highest BCUT2D eigenvalue weighted by Crippen LogP contribution is 2.47. The Balaban J connectivity index is 2.15. The first-order valence-electron chi connectivity index (χ1n) is 9.27. The van der Waals surface area contributed by atoms with Crippen LogP contribution < -0.4 is 0 Å². The minimum absolute atomic E-state index is 0.643. The van der Waals surface area contributed by atoms with Gasteiger partial charge in [0.15, 0.2) is 0 Å². The normalized spacial score (nSPS) is 20.6. The molecule has 2 atom stereocenters. The lowest BCUT2D eigenvalue weighted by molar-refractivity contribution is 0.125. The van der Waals surface area contributed by atoms with Crippen molar-refractivity contribution >= 4 is 22.6 Å². The molecule has 1 aromatic rings. The summed E-state index contributed by atoms with van der Waals surface area (Å²) in [6.45, 7) is 9.58. The summed E-state index contributed by atoms with van der Waals surface area (Å²) in [6, 6.07) is 7.00. The predicted molar refractivity (Wildman–Crippen MR) is 107 cm³/mol. The van der Waals surface area contributed by atoms with Crippen molar-refractivity contribution in [3.8, 4) is 0 Å². The summed E-state index contributed by atoms with van der Waals surface area (Å²) in [7, 11) is 0. The van der Waals surface area contributed by atoms with Gasteiger partial charge in [0.05, 0.1) is 0 Å². The van der Waals surface area contributed by atoms with Crippen molar-refractivity contribution in [1.82, 2.24) is 0 Å². The first kappa shape index (κ1) is 18.3. The Kier molecular flexibility index (Phi) is 6.79. The molecule has 1 heteroatoms. The van der Waals surface area contributed by atoms with Gasteiger partial charge >= 0.3 is 0 Å². The Morgan fingerprint density at radius 2 is 1.82 bits per heavy atom. The summed E-state index contributed by atoms with van der Waals surface area (Å²) in [6.07, 6.45) is 11.5. The van der Waals surface area contributed by atoms with Gasteiger partial charge in [-0.2, -0.15) is 0 Å². The first-order chi connectivity index (χ1) is 10.5. The molecule has 2 rings (SSSR count). The summed E-state index contributed by atoms with van der Waals surface area (Å²) >= 11 is 2.42. The largest absolute Gasteiger partial charge is 0.0651 e. The molecule has 0 nitrogen and oxygen atoms in total. The van der Waals surface area contributed by atoms with E-state index >= 15 is 0 Å². The lowest BCUT2D eigenvalue weighted by Gasteiger charge is -2.41. The van der Waals surface area contributed by atoms with Crippen LogP contribution in [-0.2, 0) is 0 Å². The molecule has 0 aliphatic heterocycles. The number of rotatable bonds is 6. The first-order valence-corrected chi connectivity index (χ1v) is 10.4. The molecule has 2 unspecified atom stereocenters. The van der Waals surface area contributed by atoms with E-state index in [2.05, 4.69) is 68.5 Å². The Morgan fingerprint density at radius 1 is 1.14 bits per heavy atom. The summed E-state index contributed by atoms with van der Waals surface area (Å²) in [5.74, 6) is 1.52. The average Bonchev–Trinajstić information content (AvgIpc) is 2.53. The van der Waals surface area contributed by atoms with E-state index in [1.165, 1.54) is 60.5 Å². The Bertz CT molecular complexity index is 471. The van der Waals surface area contributed by atoms with Crippen LogP contribution in [0.2, 0.25) is 0 Å². The maximum atomic E-state index is 2.47. The minimum Gasteiger partial charge on any atom is -0.0651 e. The summed E-state index contributed by atoms with van der Waals surface area (Å²) < 4.78 is 1.36. The topological polar surface area (TPSA) is 0 Å². The number of aryl methyl sites for hydroxylation is 1. The smallest absolute Gasteiger partial charge is 0.0133 e. The molecule has 1 fully saturated rings. The predicted octanol–water partition coefficient (Wildman–Crippen LogP) is 7.48. The molecular formula is C21H33I. The quantitative estimate of drug-likeness (QED) is 0.425. The molecular weight excluding hydrogens is 379 g/mol. The lowest BCUT2D eigenvalue weighted by Crippen LogP contribution is -2.28. The third kappa shape index (κ3) is 4.27. The minimum atomic E-state index is 0.643. The van der Waals surface area contributed by atoms with Crippen LogP contribution >= 0.6 is 22.6 Å². The SMILES string of the molecule is CCC(CC1(CC)CCCCC1)C(C)c1ccc(I)cc1C. The van der Waals surface area contributed by atoms with Crippen LogP contribution in [0.3, 0.4) is 0 Å². The second-order valence-corrected chi connectivity index (χ2v) is 8.82. The van der Waals surface area contributed by atoms with Crippen molar-refractivity contribution in [2.24, 2.45) is 11.3 Å². The Labute approximate surface area is 151 Å². The third-order valence-corrected chi connectivity index (χ3v) is 6.98. The lowest BCUT2D eigenvalue weighted by atomic mass is 9.64. The van der Waals surface area contributed by atoms with E-state index < -0.39 is 0 Å². The molecule has 1 aliphatic carbocycles. The van der Waals surface area contributed by atoms with Crippen LogP contribution in [0.5, 0.6) is 0 Å². The van der Waals surface area contributed by atoms with Crippen molar-refractivity contribution in [3.63, 3.8) is 0 Å². The fourth-order valence-corrected chi connectivity index (χ4v) is 5.29. The number of hydrogen-bond donors (Lipinski definition) is 0. The van der Waals surface area contributed by atoms with Gasteiger partial charge in [0.1, 0.15) is 0 Å². The molecule has 0 aromatic heterocycles. The molecule has 1 aliphatic rings. The highest BCUT2D eigenvalue weighted by atomic mass is 127. The van der Waals surface area contributed by atoms with E-state index in [-0.39, 0.29) is 0 Å². The highest BCUT2D eigenvalue weighted by Gasteiger charge is 2.34. The van der Waals surface area contributed by atoms with E-state index in [1.54, 1.807) is 5.56 Å². The molecule has 0 radical (unpaired) electrons. The zero-order valence-corrected chi connectivity index (χ0v) is 17.1. The molecule has 1 saturated carbocycles. The van der Waals surface area contributed by atoms with Crippen molar-refractivity contribution in [2.45, 2.75) is 85.0 Å². The molecule has 124 valence electrons. The van der Waals surface area contributed by atoms with Crippen LogP contribution in [0.4, 0.5) is 0 Å². The molecule has 22 heavy (non-hydrogen) atoms. The molecule has 0 saturated heterocycles. The summed E-state index contributed by atoms with van der Waals surface area (Å²) in [4.78, 5) is 0. The molecule has 0 N–H and O–H groups in total. The van der Waals surface area contributed by atoms with E-state index in [4.69, 9.17) is 0 Å². The fraction of sp³-hybridized carbons (Fsp3) is 0.714. The summed E-state index contributed by atoms with van der Waals surface area (Å²) in [5.41, 5.74) is 3.70. The van der Waals surface area contributed by atoms with Crippen molar-refractivity contribution in [3.05, 3.63) is 32.9 Å². The number of hydrogen-bond acceptors (Lipinski definition) is 0. The van der Waals surface area contributed by atoms with Gasteiger partial charge in [-0.3, -0.25) is 0 Å².